The first-order chi connectivity index (χ1) is 14.1. The lowest BCUT2D eigenvalue weighted by atomic mass is 10.2. The molecule has 2 heterocycles. The lowest BCUT2D eigenvalue weighted by molar-refractivity contribution is 0.102. The maximum absolute atomic E-state index is 14.4. The number of rotatable bonds is 6. The number of carbonyl (C=O) groups is 1. The van der Waals surface area contributed by atoms with Crippen molar-refractivity contribution in [3.63, 3.8) is 0 Å². The van der Waals surface area contributed by atoms with Crippen molar-refractivity contribution in [1.82, 2.24) is 9.55 Å². The Morgan fingerprint density at radius 1 is 1.17 bits per heavy atom. The van der Waals surface area contributed by atoms with Crippen LogP contribution in [-0.2, 0) is 13.7 Å². The Morgan fingerprint density at radius 3 is 2.59 bits per heavy atom. The van der Waals surface area contributed by atoms with Gasteiger partial charge in [0, 0.05) is 43.8 Å². The van der Waals surface area contributed by atoms with E-state index in [1.54, 1.807) is 42.6 Å². The van der Waals surface area contributed by atoms with Gasteiger partial charge in [-0.1, -0.05) is 0 Å². The second kappa shape index (κ2) is 8.34. The van der Waals surface area contributed by atoms with Crippen LogP contribution in [0.5, 0.6) is 5.75 Å². The zero-order valence-electron chi connectivity index (χ0n) is 16.3. The molecule has 0 saturated carbocycles. The van der Waals surface area contributed by atoms with Gasteiger partial charge in [-0.2, -0.15) is 0 Å². The largest absolute Gasteiger partial charge is 0.486 e. The van der Waals surface area contributed by atoms with Crippen molar-refractivity contribution in [1.29, 1.82) is 0 Å². The predicted octanol–water partition coefficient (Wildman–Crippen LogP) is 3.99. The number of imidazole rings is 1. The molecule has 3 aromatic rings. The Bertz CT molecular complexity index is 994. The summed E-state index contributed by atoms with van der Waals surface area (Å²) in [6.07, 6.45) is 5.73. The zero-order chi connectivity index (χ0) is 20.2. The number of carbonyl (C=O) groups excluding carboxylic acids is 1. The fraction of sp³-hybridized carbons (Fsp3) is 0.273. The summed E-state index contributed by atoms with van der Waals surface area (Å²) in [6.45, 7) is 2.09. The Hall–Kier alpha value is -3.35. The first-order valence-electron chi connectivity index (χ1n) is 9.65. The molecule has 0 aliphatic carbocycles. The van der Waals surface area contributed by atoms with Crippen molar-refractivity contribution in [2.24, 2.45) is 7.05 Å². The van der Waals surface area contributed by atoms with Gasteiger partial charge in [0.1, 0.15) is 24.0 Å². The molecule has 1 fully saturated rings. The normalized spacial score (nSPS) is 13.5. The van der Waals surface area contributed by atoms with Crippen LogP contribution in [0.15, 0.2) is 54.9 Å². The van der Waals surface area contributed by atoms with Crippen LogP contribution in [0.1, 0.15) is 29.0 Å². The van der Waals surface area contributed by atoms with E-state index in [2.05, 4.69) is 10.3 Å². The average Bonchev–Trinajstić information content (AvgIpc) is 3.39. The molecule has 0 spiro atoms. The molecule has 1 aromatic heterocycles. The molecule has 1 saturated heterocycles. The molecule has 0 radical (unpaired) electrons. The van der Waals surface area contributed by atoms with Crippen molar-refractivity contribution >= 4 is 17.3 Å². The Kier molecular flexibility index (Phi) is 5.46. The third kappa shape index (κ3) is 4.39. The minimum atomic E-state index is -0.317. The standard InChI is InChI=1S/C22H23FN4O2/c1-26-13-10-24-21(26)15-29-18-7-4-16(5-8-18)22(28)25-17-6-9-20(19(23)14-17)27-11-2-3-12-27/h4-10,13-14H,2-3,11-12,15H2,1H3,(H,25,28). The molecule has 29 heavy (non-hydrogen) atoms. The van der Waals surface area contributed by atoms with Crippen molar-refractivity contribution in [2.75, 3.05) is 23.3 Å². The van der Waals surface area contributed by atoms with Crippen LogP contribution in [-0.4, -0.2) is 28.5 Å². The summed E-state index contributed by atoms with van der Waals surface area (Å²) in [5.41, 5.74) is 1.50. The third-order valence-corrected chi connectivity index (χ3v) is 5.06. The second-order valence-electron chi connectivity index (χ2n) is 7.08. The number of ether oxygens (including phenoxy) is 1. The maximum atomic E-state index is 14.4. The van der Waals surface area contributed by atoms with Crippen LogP contribution in [0.2, 0.25) is 0 Å². The highest BCUT2D eigenvalue weighted by Crippen LogP contribution is 2.26. The van der Waals surface area contributed by atoms with Crippen LogP contribution in [0.4, 0.5) is 15.8 Å². The summed E-state index contributed by atoms with van der Waals surface area (Å²) in [5.74, 6) is 0.841. The van der Waals surface area contributed by atoms with E-state index in [1.165, 1.54) is 6.07 Å². The molecule has 6 nitrogen and oxygen atoms in total. The van der Waals surface area contributed by atoms with Crippen LogP contribution in [0, 0.1) is 5.82 Å². The molecular formula is C22H23FN4O2. The SMILES string of the molecule is Cn1ccnc1COc1ccc(C(=O)Nc2ccc(N3CCCC3)c(F)c2)cc1. The average molecular weight is 394 g/mol. The Balaban J connectivity index is 1.37. The molecule has 1 N–H and O–H groups in total. The molecule has 1 aliphatic rings. The predicted molar refractivity (Wildman–Crippen MR) is 110 cm³/mol. The van der Waals surface area contributed by atoms with E-state index >= 15 is 0 Å². The quantitative estimate of drug-likeness (QED) is 0.687. The van der Waals surface area contributed by atoms with E-state index in [-0.39, 0.29) is 11.7 Å². The Morgan fingerprint density at radius 2 is 1.93 bits per heavy atom. The highest BCUT2D eigenvalue weighted by atomic mass is 19.1. The summed E-state index contributed by atoms with van der Waals surface area (Å²) in [4.78, 5) is 18.7. The van der Waals surface area contributed by atoms with Gasteiger partial charge in [0.15, 0.2) is 0 Å². The van der Waals surface area contributed by atoms with Crippen molar-refractivity contribution in [2.45, 2.75) is 19.4 Å². The monoisotopic (exact) mass is 394 g/mol. The Labute approximate surface area is 168 Å². The first-order valence-corrected chi connectivity index (χ1v) is 9.65. The molecule has 0 atom stereocenters. The lowest BCUT2D eigenvalue weighted by Crippen LogP contribution is -2.19. The fourth-order valence-electron chi connectivity index (χ4n) is 3.39. The number of benzene rings is 2. The van der Waals surface area contributed by atoms with E-state index in [0.29, 0.717) is 29.3 Å². The van der Waals surface area contributed by atoms with E-state index in [4.69, 9.17) is 4.74 Å². The van der Waals surface area contributed by atoms with Gasteiger partial charge < -0.3 is 19.5 Å². The van der Waals surface area contributed by atoms with Gasteiger partial charge >= 0.3 is 0 Å². The number of aromatic nitrogens is 2. The fourth-order valence-corrected chi connectivity index (χ4v) is 3.39. The van der Waals surface area contributed by atoms with Gasteiger partial charge in [0.2, 0.25) is 0 Å². The second-order valence-corrected chi connectivity index (χ2v) is 7.08. The minimum Gasteiger partial charge on any atom is -0.486 e. The number of anilines is 2. The molecule has 150 valence electrons. The number of aryl methyl sites for hydroxylation is 1. The van der Waals surface area contributed by atoms with Gasteiger partial charge in [-0.05, 0) is 55.3 Å². The molecule has 1 amide bonds. The summed E-state index contributed by atoms with van der Waals surface area (Å²) < 4.78 is 22.0. The van der Waals surface area contributed by atoms with Crippen LogP contribution < -0.4 is 15.0 Å². The summed E-state index contributed by atoms with van der Waals surface area (Å²) in [6, 6.07) is 11.7. The molecule has 0 unspecified atom stereocenters. The maximum Gasteiger partial charge on any atom is 0.255 e. The van der Waals surface area contributed by atoms with Crippen molar-refractivity contribution in [3.05, 3.63) is 72.1 Å². The first kappa shape index (κ1) is 19.0. The molecule has 4 rings (SSSR count). The summed E-state index contributed by atoms with van der Waals surface area (Å²) >= 11 is 0. The summed E-state index contributed by atoms with van der Waals surface area (Å²) in [5, 5.41) is 2.75. The number of nitrogens with one attached hydrogen (secondary N) is 1. The van der Waals surface area contributed by atoms with E-state index < -0.39 is 0 Å². The molecule has 7 heteroatoms. The summed E-state index contributed by atoms with van der Waals surface area (Å²) in [7, 11) is 1.90. The lowest BCUT2D eigenvalue weighted by Gasteiger charge is -2.18. The molecule has 0 bridgehead atoms. The van der Waals surface area contributed by atoms with Gasteiger partial charge in [-0.15, -0.1) is 0 Å². The van der Waals surface area contributed by atoms with Crippen molar-refractivity contribution < 1.29 is 13.9 Å². The number of hydrogen-bond donors (Lipinski definition) is 1. The molecule has 1 aliphatic heterocycles. The van der Waals surface area contributed by atoms with Gasteiger partial charge in [0.05, 0.1) is 5.69 Å². The highest BCUT2D eigenvalue weighted by Gasteiger charge is 2.17. The number of hydrogen-bond acceptors (Lipinski definition) is 4. The zero-order valence-corrected chi connectivity index (χ0v) is 16.3. The van der Waals surface area contributed by atoms with E-state index in [1.807, 2.05) is 22.7 Å². The van der Waals surface area contributed by atoms with Crippen LogP contribution in [0.25, 0.3) is 0 Å². The highest BCUT2D eigenvalue weighted by molar-refractivity contribution is 6.04. The number of nitrogens with zero attached hydrogens (tertiary/aromatic N) is 3. The smallest absolute Gasteiger partial charge is 0.255 e. The van der Waals surface area contributed by atoms with Crippen molar-refractivity contribution in [3.8, 4) is 5.75 Å². The van der Waals surface area contributed by atoms with Gasteiger partial charge in [-0.25, -0.2) is 9.37 Å². The topological polar surface area (TPSA) is 59.4 Å². The van der Waals surface area contributed by atoms with Crippen LogP contribution in [0.3, 0.4) is 0 Å². The molecular weight excluding hydrogens is 371 g/mol. The van der Waals surface area contributed by atoms with Crippen LogP contribution >= 0.6 is 0 Å². The van der Waals surface area contributed by atoms with E-state index in [0.717, 1.165) is 31.8 Å². The third-order valence-electron chi connectivity index (χ3n) is 5.06. The van der Waals surface area contributed by atoms with Gasteiger partial charge in [-0.3, -0.25) is 4.79 Å². The number of amides is 1. The molecule has 2 aromatic carbocycles. The number of halogens is 1. The van der Waals surface area contributed by atoms with Gasteiger partial charge in [0.25, 0.3) is 5.91 Å². The minimum absolute atomic E-state index is 0.297. The van der Waals surface area contributed by atoms with E-state index in [9.17, 15) is 9.18 Å².